The smallest absolute Gasteiger partial charge is 0.416 e. The Morgan fingerprint density at radius 2 is 1.90 bits per heavy atom. The van der Waals surface area contributed by atoms with Crippen LogP contribution >= 0.6 is 11.6 Å². The molecule has 0 spiro atoms. The van der Waals surface area contributed by atoms with E-state index in [1.54, 1.807) is 26.3 Å². The van der Waals surface area contributed by atoms with Crippen molar-refractivity contribution in [2.24, 2.45) is 7.05 Å². The molecule has 0 atom stereocenters. The van der Waals surface area contributed by atoms with Crippen LogP contribution in [0.15, 0.2) is 47.5 Å². The second-order valence-corrected chi connectivity index (χ2v) is 12.8. The van der Waals surface area contributed by atoms with Crippen LogP contribution in [0, 0.1) is 0 Å². The van der Waals surface area contributed by atoms with E-state index in [2.05, 4.69) is 20.4 Å². The third kappa shape index (κ3) is 6.34. The number of ether oxygens (including phenoxy) is 1. The van der Waals surface area contributed by atoms with Gasteiger partial charge in [0.15, 0.2) is 17.3 Å². The Labute approximate surface area is 298 Å². The molecule has 0 bridgehead atoms. The SMILES string of the molecule is CCc1c(N2CCN(C(=O)c3ncc4c(ccn4C)c3O)CC2)c(=O)n2nc(C3=CCOCC3)nc2n1CC(=O)Nc1ccc(C(F)(F)F)cc1Cl. The number of hydrogen-bond donors (Lipinski definition) is 2. The standard InChI is InChI=1S/C34H33ClF3N9O5/c1-3-24-28(44-10-12-45(13-11-44)31(50)27-29(49)21-6-9-43(2)25(21)17-39-27)32(51)47-33(41-30(42-47)19-7-14-52-15-8-19)46(24)18-26(48)40-23-5-4-20(16-22(23)35)34(36,37)38/h4-7,9,16-17,49H,3,8,10-15,18H2,1-2H3,(H,40,48). The van der Waals surface area contributed by atoms with Crippen LogP contribution in [-0.4, -0.2) is 89.9 Å². The number of pyridine rings is 1. The first-order chi connectivity index (χ1) is 24.8. The van der Waals surface area contributed by atoms with Gasteiger partial charge in [-0.1, -0.05) is 24.6 Å². The van der Waals surface area contributed by atoms with E-state index >= 15 is 0 Å². The van der Waals surface area contributed by atoms with Crippen molar-refractivity contribution in [3.8, 4) is 5.75 Å². The zero-order valence-corrected chi connectivity index (χ0v) is 28.8. The average molecular weight is 740 g/mol. The predicted molar refractivity (Wildman–Crippen MR) is 186 cm³/mol. The minimum Gasteiger partial charge on any atom is -0.505 e. The largest absolute Gasteiger partial charge is 0.505 e. The van der Waals surface area contributed by atoms with Crippen molar-refractivity contribution in [3.05, 3.63) is 80.9 Å². The molecule has 7 rings (SSSR count). The molecule has 1 aromatic carbocycles. The highest BCUT2D eigenvalue weighted by Crippen LogP contribution is 2.34. The minimum atomic E-state index is -4.61. The fourth-order valence-corrected chi connectivity index (χ4v) is 6.81. The van der Waals surface area contributed by atoms with Gasteiger partial charge in [-0.25, -0.2) is 4.98 Å². The molecule has 0 unspecified atom stereocenters. The van der Waals surface area contributed by atoms with Gasteiger partial charge in [0.1, 0.15) is 12.2 Å². The van der Waals surface area contributed by atoms with Gasteiger partial charge in [-0.2, -0.15) is 22.7 Å². The number of hydrogen-bond acceptors (Lipinski definition) is 9. The molecule has 2 aliphatic heterocycles. The van der Waals surface area contributed by atoms with Crippen LogP contribution in [0.25, 0.3) is 22.3 Å². The van der Waals surface area contributed by atoms with Crippen LogP contribution in [0.2, 0.25) is 5.02 Å². The van der Waals surface area contributed by atoms with Gasteiger partial charge in [-0.3, -0.25) is 14.4 Å². The summed E-state index contributed by atoms with van der Waals surface area (Å²) in [6.07, 6.45) is 1.32. The molecule has 5 aromatic rings. The van der Waals surface area contributed by atoms with Gasteiger partial charge in [0, 0.05) is 44.8 Å². The third-order valence-electron chi connectivity index (χ3n) is 9.29. The lowest BCUT2D eigenvalue weighted by Gasteiger charge is -2.36. The van der Waals surface area contributed by atoms with E-state index in [1.807, 2.05) is 24.9 Å². The summed E-state index contributed by atoms with van der Waals surface area (Å²) in [5.41, 5.74) is 0.693. The number of amides is 2. The van der Waals surface area contributed by atoms with Crippen molar-refractivity contribution >= 4 is 57.0 Å². The molecule has 14 nitrogen and oxygen atoms in total. The number of aromatic hydroxyl groups is 1. The predicted octanol–water partition coefficient (Wildman–Crippen LogP) is 4.12. The molecular formula is C34H33ClF3N9O5. The number of fused-ring (bicyclic) bond motifs is 2. The van der Waals surface area contributed by atoms with Crippen LogP contribution in [0.1, 0.15) is 40.9 Å². The number of carbonyl (C=O) groups is 2. The maximum absolute atomic E-state index is 14.2. The van der Waals surface area contributed by atoms with E-state index in [0.717, 1.165) is 28.3 Å². The Hall–Kier alpha value is -5.42. The number of alkyl halides is 3. The number of piperazine rings is 1. The summed E-state index contributed by atoms with van der Waals surface area (Å²) < 4.78 is 49.5. The van der Waals surface area contributed by atoms with E-state index in [-0.39, 0.29) is 66.3 Å². The van der Waals surface area contributed by atoms with Crippen LogP contribution in [-0.2, 0) is 35.7 Å². The maximum atomic E-state index is 14.2. The molecule has 1 fully saturated rings. The lowest BCUT2D eigenvalue weighted by atomic mass is 10.1. The van der Waals surface area contributed by atoms with Crippen LogP contribution in [0.3, 0.4) is 0 Å². The Kier molecular flexibility index (Phi) is 9.16. The highest BCUT2D eigenvalue weighted by molar-refractivity contribution is 6.33. The van der Waals surface area contributed by atoms with Gasteiger partial charge >= 0.3 is 6.18 Å². The highest BCUT2D eigenvalue weighted by Gasteiger charge is 2.32. The summed E-state index contributed by atoms with van der Waals surface area (Å²) >= 11 is 6.12. The number of halogens is 4. The van der Waals surface area contributed by atoms with Crippen molar-refractivity contribution in [3.63, 3.8) is 0 Å². The molecule has 272 valence electrons. The number of anilines is 2. The van der Waals surface area contributed by atoms with E-state index in [4.69, 9.17) is 16.3 Å². The van der Waals surface area contributed by atoms with Crippen molar-refractivity contribution in [1.29, 1.82) is 0 Å². The molecule has 0 saturated carbocycles. The van der Waals surface area contributed by atoms with Gasteiger partial charge in [0.2, 0.25) is 11.7 Å². The summed E-state index contributed by atoms with van der Waals surface area (Å²) in [7, 11) is 1.81. The normalized spacial score (nSPS) is 15.4. The molecule has 2 N–H and O–H groups in total. The molecule has 6 heterocycles. The second kappa shape index (κ2) is 13.6. The average Bonchev–Trinajstić information content (AvgIpc) is 3.75. The van der Waals surface area contributed by atoms with E-state index in [9.17, 15) is 32.7 Å². The molecule has 4 aromatic heterocycles. The second-order valence-electron chi connectivity index (χ2n) is 12.4. The number of nitrogens with zero attached hydrogens (tertiary/aromatic N) is 8. The third-order valence-corrected chi connectivity index (χ3v) is 9.60. The number of nitrogens with one attached hydrogen (secondary N) is 1. The Morgan fingerprint density at radius 3 is 2.58 bits per heavy atom. The van der Waals surface area contributed by atoms with Crippen LogP contribution < -0.4 is 15.8 Å². The van der Waals surface area contributed by atoms with Gasteiger partial charge in [0.25, 0.3) is 11.5 Å². The zero-order chi connectivity index (χ0) is 36.9. The Morgan fingerprint density at radius 1 is 1.13 bits per heavy atom. The number of benzene rings is 1. The highest BCUT2D eigenvalue weighted by atomic mass is 35.5. The summed E-state index contributed by atoms with van der Waals surface area (Å²) in [6, 6.07) is 4.35. The number of carbonyl (C=O) groups excluding carboxylic acids is 2. The van der Waals surface area contributed by atoms with Gasteiger partial charge < -0.3 is 34.1 Å². The summed E-state index contributed by atoms with van der Waals surface area (Å²) in [5, 5.41) is 18.2. The van der Waals surface area contributed by atoms with Crippen LogP contribution in [0.4, 0.5) is 24.5 Å². The van der Waals surface area contributed by atoms with Crippen molar-refractivity contribution in [2.45, 2.75) is 32.5 Å². The van der Waals surface area contributed by atoms with Gasteiger partial charge in [-0.15, -0.1) is 5.10 Å². The molecule has 2 aliphatic rings. The van der Waals surface area contributed by atoms with Crippen molar-refractivity contribution in [1.82, 2.24) is 33.6 Å². The molecule has 0 radical (unpaired) electrons. The van der Waals surface area contributed by atoms with Crippen molar-refractivity contribution in [2.75, 3.05) is 49.6 Å². The van der Waals surface area contributed by atoms with E-state index < -0.39 is 29.1 Å². The fraction of sp³-hybridized carbons (Fsp3) is 0.353. The lowest BCUT2D eigenvalue weighted by molar-refractivity contribution is -0.137. The molecule has 2 amide bonds. The first-order valence-electron chi connectivity index (χ1n) is 16.5. The van der Waals surface area contributed by atoms with E-state index in [1.165, 1.54) is 6.20 Å². The van der Waals surface area contributed by atoms with Crippen LogP contribution in [0.5, 0.6) is 5.75 Å². The molecule has 52 heavy (non-hydrogen) atoms. The van der Waals surface area contributed by atoms with Gasteiger partial charge in [0.05, 0.1) is 46.9 Å². The summed E-state index contributed by atoms with van der Waals surface area (Å²) in [6.45, 7) is 3.14. The first-order valence-corrected chi connectivity index (χ1v) is 16.9. The number of rotatable bonds is 7. The first kappa shape index (κ1) is 35.0. The van der Waals surface area contributed by atoms with Gasteiger partial charge in [-0.05, 0) is 42.7 Å². The quantitative estimate of drug-likeness (QED) is 0.251. The monoisotopic (exact) mass is 739 g/mol. The summed E-state index contributed by atoms with van der Waals surface area (Å²) in [5.74, 6) is -0.868. The molecule has 18 heteroatoms. The summed E-state index contributed by atoms with van der Waals surface area (Å²) in [4.78, 5) is 53.5. The zero-order valence-electron chi connectivity index (χ0n) is 28.1. The lowest BCUT2D eigenvalue weighted by Crippen LogP contribution is -2.51. The fourth-order valence-electron chi connectivity index (χ4n) is 6.58. The van der Waals surface area contributed by atoms with Crippen molar-refractivity contribution < 1.29 is 32.6 Å². The maximum Gasteiger partial charge on any atom is 0.416 e. The topological polar surface area (TPSA) is 152 Å². The number of aryl methyl sites for hydroxylation is 1. The molecule has 0 aliphatic carbocycles. The minimum absolute atomic E-state index is 0.0164. The Bertz CT molecular complexity index is 2320. The molecule has 1 saturated heterocycles. The molecular weight excluding hydrogens is 707 g/mol. The Balaban J connectivity index is 1.21. The van der Waals surface area contributed by atoms with E-state index in [0.29, 0.717) is 48.5 Å². The number of aromatic nitrogens is 6.